The second-order valence-electron chi connectivity index (χ2n) is 4.47. The molecule has 1 fully saturated rings. The van der Waals surface area contributed by atoms with E-state index in [-0.39, 0.29) is 5.78 Å². The molecule has 1 aliphatic carbocycles. The van der Waals surface area contributed by atoms with Crippen LogP contribution in [0.4, 0.5) is 0 Å². The first-order valence-corrected chi connectivity index (χ1v) is 7.07. The van der Waals surface area contributed by atoms with Gasteiger partial charge in [0.05, 0.1) is 10.9 Å². The molecule has 92 valence electrons. The molecule has 1 heterocycles. The maximum atomic E-state index is 12.1. The number of ketones is 1. The minimum absolute atomic E-state index is 0.0389. The number of benzene rings is 1. The van der Waals surface area contributed by atoms with Gasteiger partial charge < -0.3 is 4.52 Å². The fraction of sp³-hybridized carbons (Fsp3) is 0.286. The molecule has 3 rings (SSSR count). The van der Waals surface area contributed by atoms with Gasteiger partial charge in [-0.25, -0.2) is 0 Å². The molecule has 0 saturated heterocycles. The Hall–Kier alpha value is -1.42. The third kappa shape index (κ3) is 2.01. The molecule has 1 aliphatic rings. The van der Waals surface area contributed by atoms with Crippen LogP contribution in [0.15, 0.2) is 34.9 Å². The van der Waals surface area contributed by atoms with Crippen LogP contribution in [-0.4, -0.2) is 16.3 Å². The monoisotopic (exact) mass is 305 g/mol. The van der Waals surface area contributed by atoms with E-state index in [1.807, 2.05) is 30.3 Å². The topological polar surface area (TPSA) is 43.1 Å². The van der Waals surface area contributed by atoms with Crippen LogP contribution in [0.1, 0.15) is 34.9 Å². The lowest BCUT2D eigenvalue weighted by molar-refractivity contribution is 0.102. The van der Waals surface area contributed by atoms with E-state index in [2.05, 4.69) is 21.1 Å². The van der Waals surface area contributed by atoms with Crippen LogP contribution in [0.5, 0.6) is 0 Å². The van der Waals surface area contributed by atoms with Crippen molar-refractivity contribution in [3.8, 4) is 11.3 Å². The fourth-order valence-corrected chi connectivity index (χ4v) is 2.34. The number of carbonyl (C=O) groups is 1. The molecule has 1 saturated carbocycles. The van der Waals surface area contributed by atoms with E-state index < -0.39 is 0 Å². The molecule has 1 aromatic heterocycles. The second-order valence-corrected chi connectivity index (χ2v) is 5.03. The zero-order chi connectivity index (χ0) is 12.5. The summed E-state index contributed by atoms with van der Waals surface area (Å²) < 4.78 is 5.41. The molecule has 0 spiro atoms. The van der Waals surface area contributed by atoms with Crippen molar-refractivity contribution in [2.45, 2.75) is 18.8 Å². The predicted molar refractivity (Wildman–Crippen MR) is 72.0 cm³/mol. The van der Waals surface area contributed by atoms with Crippen LogP contribution in [0.2, 0.25) is 0 Å². The van der Waals surface area contributed by atoms with Crippen LogP contribution in [0.25, 0.3) is 11.3 Å². The molecule has 4 heteroatoms. The Bertz CT molecular complexity index is 573. The number of hydrogen-bond donors (Lipinski definition) is 0. The quantitative estimate of drug-likeness (QED) is 0.637. The summed E-state index contributed by atoms with van der Waals surface area (Å²) in [6.45, 7) is 0. The molecule has 1 aromatic carbocycles. The zero-order valence-electron chi connectivity index (χ0n) is 9.73. The van der Waals surface area contributed by atoms with Crippen molar-refractivity contribution in [2.24, 2.45) is 0 Å². The van der Waals surface area contributed by atoms with Crippen molar-refractivity contribution in [1.82, 2.24) is 5.16 Å². The van der Waals surface area contributed by atoms with E-state index in [4.69, 9.17) is 4.52 Å². The Morgan fingerprint density at radius 1 is 1.33 bits per heavy atom. The van der Waals surface area contributed by atoms with Crippen molar-refractivity contribution in [3.05, 3.63) is 41.7 Å². The molecule has 18 heavy (non-hydrogen) atoms. The van der Waals surface area contributed by atoms with Crippen molar-refractivity contribution in [2.75, 3.05) is 5.33 Å². The first-order valence-electron chi connectivity index (χ1n) is 5.95. The third-order valence-electron chi connectivity index (χ3n) is 3.11. The SMILES string of the molecule is O=C(CBr)c1c(-c2ccccc2)noc1C1CC1. The van der Waals surface area contributed by atoms with Gasteiger partial charge in [-0.1, -0.05) is 51.4 Å². The number of Topliss-reactive ketones (excluding diaryl/α,β-unsaturated/α-hetero) is 1. The Morgan fingerprint density at radius 2 is 2.06 bits per heavy atom. The minimum atomic E-state index is 0.0389. The summed E-state index contributed by atoms with van der Waals surface area (Å²) in [5, 5.41) is 4.40. The summed E-state index contributed by atoms with van der Waals surface area (Å²) >= 11 is 3.23. The summed E-state index contributed by atoms with van der Waals surface area (Å²) in [4.78, 5) is 12.1. The van der Waals surface area contributed by atoms with Gasteiger partial charge in [-0.15, -0.1) is 0 Å². The van der Waals surface area contributed by atoms with E-state index in [0.717, 1.165) is 24.2 Å². The lowest BCUT2D eigenvalue weighted by Gasteiger charge is -2.00. The van der Waals surface area contributed by atoms with Gasteiger partial charge in [0.2, 0.25) is 0 Å². The molecule has 3 nitrogen and oxygen atoms in total. The number of nitrogens with zero attached hydrogens (tertiary/aromatic N) is 1. The summed E-state index contributed by atoms with van der Waals surface area (Å²) in [6.07, 6.45) is 2.18. The van der Waals surface area contributed by atoms with Crippen LogP contribution >= 0.6 is 15.9 Å². The summed E-state index contributed by atoms with van der Waals surface area (Å²) in [5.41, 5.74) is 2.25. The summed E-state index contributed by atoms with van der Waals surface area (Å²) in [5.74, 6) is 1.18. The smallest absolute Gasteiger partial charge is 0.179 e. The van der Waals surface area contributed by atoms with E-state index in [1.165, 1.54) is 0 Å². The molecule has 0 aliphatic heterocycles. The number of alkyl halides is 1. The average molecular weight is 306 g/mol. The molecule has 2 aromatic rings. The lowest BCUT2D eigenvalue weighted by Crippen LogP contribution is -2.03. The first kappa shape index (κ1) is 11.7. The molecule has 0 radical (unpaired) electrons. The van der Waals surface area contributed by atoms with Gasteiger partial charge in [0.25, 0.3) is 0 Å². The standard InChI is InChI=1S/C14H12BrNO2/c15-8-11(17)12-13(9-4-2-1-3-5-9)16-18-14(12)10-6-7-10/h1-5,10H,6-8H2. The lowest BCUT2D eigenvalue weighted by atomic mass is 10.0. The van der Waals surface area contributed by atoms with Gasteiger partial charge in [-0.2, -0.15) is 0 Å². The van der Waals surface area contributed by atoms with Crippen LogP contribution in [0, 0.1) is 0 Å². The first-order chi connectivity index (χ1) is 8.81. The van der Waals surface area contributed by atoms with Gasteiger partial charge in [0, 0.05) is 11.5 Å². The molecular weight excluding hydrogens is 294 g/mol. The van der Waals surface area contributed by atoms with E-state index in [0.29, 0.717) is 22.5 Å². The number of carbonyl (C=O) groups excluding carboxylic acids is 1. The predicted octanol–water partition coefficient (Wildman–Crippen LogP) is 3.80. The maximum absolute atomic E-state index is 12.1. The molecule has 0 unspecified atom stereocenters. The highest BCUT2D eigenvalue weighted by atomic mass is 79.9. The highest BCUT2D eigenvalue weighted by Crippen LogP contribution is 2.44. The Kier molecular flexibility index (Phi) is 3.04. The van der Waals surface area contributed by atoms with Crippen LogP contribution in [-0.2, 0) is 0 Å². The van der Waals surface area contributed by atoms with E-state index in [1.54, 1.807) is 0 Å². The Labute approximate surface area is 113 Å². The fourth-order valence-electron chi connectivity index (χ4n) is 2.06. The maximum Gasteiger partial charge on any atom is 0.179 e. The molecule has 0 atom stereocenters. The average Bonchev–Trinajstić information content (AvgIpc) is 3.17. The zero-order valence-corrected chi connectivity index (χ0v) is 11.3. The number of rotatable bonds is 4. The summed E-state index contributed by atoms with van der Waals surface area (Å²) in [6, 6.07) is 9.70. The van der Waals surface area contributed by atoms with Gasteiger partial charge in [-0.3, -0.25) is 4.79 Å². The van der Waals surface area contributed by atoms with Crippen molar-refractivity contribution in [1.29, 1.82) is 0 Å². The second kappa shape index (κ2) is 4.69. The normalized spacial score (nSPS) is 14.7. The largest absolute Gasteiger partial charge is 0.360 e. The van der Waals surface area contributed by atoms with E-state index >= 15 is 0 Å². The van der Waals surface area contributed by atoms with E-state index in [9.17, 15) is 4.79 Å². The van der Waals surface area contributed by atoms with Gasteiger partial charge in [-0.05, 0) is 12.8 Å². The Morgan fingerprint density at radius 3 is 2.67 bits per heavy atom. The highest BCUT2D eigenvalue weighted by Gasteiger charge is 2.34. The number of halogens is 1. The van der Waals surface area contributed by atoms with Crippen LogP contribution < -0.4 is 0 Å². The van der Waals surface area contributed by atoms with Crippen molar-refractivity contribution in [3.63, 3.8) is 0 Å². The van der Waals surface area contributed by atoms with Crippen LogP contribution in [0.3, 0.4) is 0 Å². The molecule has 0 bridgehead atoms. The highest BCUT2D eigenvalue weighted by molar-refractivity contribution is 9.09. The Balaban J connectivity index is 2.12. The van der Waals surface area contributed by atoms with Gasteiger partial charge >= 0.3 is 0 Å². The summed E-state index contributed by atoms with van der Waals surface area (Å²) in [7, 11) is 0. The van der Waals surface area contributed by atoms with Crippen molar-refractivity contribution < 1.29 is 9.32 Å². The number of aromatic nitrogens is 1. The van der Waals surface area contributed by atoms with Gasteiger partial charge in [0.15, 0.2) is 11.5 Å². The molecular formula is C14H12BrNO2. The van der Waals surface area contributed by atoms with Gasteiger partial charge in [0.1, 0.15) is 5.69 Å². The van der Waals surface area contributed by atoms with Crippen molar-refractivity contribution >= 4 is 21.7 Å². The third-order valence-corrected chi connectivity index (χ3v) is 3.62. The minimum Gasteiger partial charge on any atom is -0.360 e. The molecule has 0 amide bonds. The number of hydrogen-bond acceptors (Lipinski definition) is 3. The molecule has 0 N–H and O–H groups in total.